The monoisotopic (exact) mass is 500 g/mol. The summed E-state index contributed by atoms with van der Waals surface area (Å²) in [6.07, 6.45) is 1.45. The molecular weight excluding hydrogens is 475 g/mol. The van der Waals surface area contributed by atoms with Gasteiger partial charge in [-0.1, -0.05) is 30.9 Å². The number of amides is 2. The number of esters is 1. The van der Waals surface area contributed by atoms with Crippen LogP contribution in [0.1, 0.15) is 27.6 Å². The summed E-state index contributed by atoms with van der Waals surface area (Å²) in [5, 5.41) is 5.84. The summed E-state index contributed by atoms with van der Waals surface area (Å²) in [4.78, 5) is 37.6. The molecule has 0 unspecified atom stereocenters. The van der Waals surface area contributed by atoms with Crippen molar-refractivity contribution < 1.29 is 27.9 Å². The summed E-state index contributed by atoms with van der Waals surface area (Å²) in [5.74, 6) is -1.40. The lowest BCUT2D eigenvalue weighted by atomic mass is 9.99. The van der Waals surface area contributed by atoms with Crippen LogP contribution in [0.25, 0.3) is 33.4 Å². The lowest BCUT2D eigenvalue weighted by Crippen LogP contribution is -2.39. The summed E-state index contributed by atoms with van der Waals surface area (Å²) in [5.41, 5.74) is 3.21. The minimum atomic E-state index is -0.835. The van der Waals surface area contributed by atoms with Crippen molar-refractivity contribution in [2.24, 2.45) is 0 Å². The number of rotatable bonds is 8. The number of ether oxygens (including phenoxy) is 1. The molecule has 0 radical (unpaired) electrons. The van der Waals surface area contributed by atoms with Crippen molar-refractivity contribution in [3.8, 4) is 22.5 Å². The first-order valence-electron chi connectivity index (χ1n) is 11.6. The number of halogens is 1. The second-order valence-corrected chi connectivity index (χ2v) is 8.30. The maximum Gasteiger partial charge on any atom is 0.328 e. The van der Waals surface area contributed by atoms with Gasteiger partial charge in [0.25, 0.3) is 11.8 Å². The van der Waals surface area contributed by atoms with Crippen LogP contribution in [0.4, 0.5) is 4.39 Å². The number of benzene rings is 3. The first-order valence-corrected chi connectivity index (χ1v) is 11.6. The van der Waals surface area contributed by atoms with E-state index in [1.54, 1.807) is 43.3 Å². The van der Waals surface area contributed by atoms with Crippen LogP contribution in [0.5, 0.6) is 0 Å². The van der Waals surface area contributed by atoms with Gasteiger partial charge in [0.1, 0.15) is 29.8 Å². The van der Waals surface area contributed by atoms with Gasteiger partial charge in [-0.3, -0.25) is 9.59 Å². The molecule has 188 valence electrons. The SMILES string of the molecule is C=CCOC(=O)[C@H](C)NC(=O)c1cccc(-c2ccc3oc(-c4ccc(F)cc4)c(C(=O)NC)c3c2)c1. The second-order valence-electron chi connectivity index (χ2n) is 8.30. The highest BCUT2D eigenvalue weighted by Crippen LogP contribution is 2.36. The Morgan fingerprint density at radius 1 is 1.00 bits per heavy atom. The number of carbonyl (C=O) groups excluding carboxylic acids is 3. The van der Waals surface area contributed by atoms with Gasteiger partial charge in [-0.25, -0.2) is 9.18 Å². The number of hydrogen-bond donors (Lipinski definition) is 2. The normalized spacial score (nSPS) is 11.5. The Morgan fingerprint density at radius 3 is 2.41 bits per heavy atom. The Labute approximate surface area is 212 Å². The van der Waals surface area contributed by atoms with Crippen molar-refractivity contribution in [1.82, 2.24) is 10.6 Å². The highest BCUT2D eigenvalue weighted by molar-refractivity contribution is 6.12. The van der Waals surface area contributed by atoms with Crippen molar-refractivity contribution in [2.45, 2.75) is 13.0 Å². The lowest BCUT2D eigenvalue weighted by Gasteiger charge is -2.13. The molecule has 1 aromatic heterocycles. The molecule has 1 heterocycles. The summed E-state index contributed by atoms with van der Waals surface area (Å²) < 4.78 is 24.4. The Balaban J connectivity index is 1.69. The Morgan fingerprint density at radius 2 is 1.70 bits per heavy atom. The number of furan rings is 1. The minimum absolute atomic E-state index is 0.0614. The average molecular weight is 501 g/mol. The molecule has 3 aromatic carbocycles. The molecule has 0 saturated heterocycles. The highest BCUT2D eigenvalue weighted by Gasteiger charge is 2.22. The quantitative estimate of drug-likeness (QED) is 0.259. The summed E-state index contributed by atoms with van der Waals surface area (Å²) in [6, 6.07) is 17.1. The fraction of sp³-hybridized carbons (Fsp3) is 0.138. The molecule has 0 fully saturated rings. The molecule has 4 aromatic rings. The first-order chi connectivity index (χ1) is 17.8. The molecule has 1 atom stereocenters. The Bertz CT molecular complexity index is 1490. The van der Waals surface area contributed by atoms with Crippen LogP contribution < -0.4 is 10.6 Å². The van der Waals surface area contributed by atoms with E-state index in [0.717, 1.165) is 11.1 Å². The smallest absolute Gasteiger partial charge is 0.328 e. The van der Waals surface area contributed by atoms with E-state index in [1.165, 1.54) is 25.3 Å². The van der Waals surface area contributed by atoms with Gasteiger partial charge in [0.05, 0.1) is 5.56 Å². The van der Waals surface area contributed by atoms with E-state index in [-0.39, 0.29) is 12.5 Å². The fourth-order valence-electron chi connectivity index (χ4n) is 3.88. The number of fused-ring (bicyclic) bond motifs is 1. The fourth-order valence-corrected chi connectivity index (χ4v) is 3.88. The molecule has 7 nitrogen and oxygen atoms in total. The molecule has 0 aliphatic heterocycles. The molecule has 0 aliphatic rings. The predicted molar refractivity (Wildman–Crippen MR) is 139 cm³/mol. The largest absolute Gasteiger partial charge is 0.460 e. The van der Waals surface area contributed by atoms with Gasteiger partial charge in [0, 0.05) is 23.6 Å². The predicted octanol–water partition coefficient (Wildman–Crippen LogP) is 5.11. The van der Waals surface area contributed by atoms with E-state index in [2.05, 4.69) is 17.2 Å². The molecule has 2 amide bonds. The van der Waals surface area contributed by atoms with Crippen LogP contribution in [0.15, 0.2) is 83.8 Å². The zero-order valence-electron chi connectivity index (χ0n) is 20.3. The van der Waals surface area contributed by atoms with E-state index < -0.39 is 23.7 Å². The third-order valence-corrected chi connectivity index (χ3v) is 5.75. The van der Waals surface area contributed by atoms with Gasteiger partial charge < -0.3 is 19.8 Å². The molecule has 8 heteroatoms. The summed E-state index contributed by atoms with van der Waals surface area (Å²) >= 11 is 0. The number of carbonyl (C=O) groups is 3. The molecular formula is C29H25FN2O5. The molecule has 0 spiro atoms. The maximum absolute atomic E-state index is 13.5. The van der Waals surface area contributed by atoms with Crippen LogP contribution in [0, 0.1) is 5.82 Å². The van der Waals surface area contributed by atoms with E-state index >= 15 is 0 Å². The number of hydrogen-bond acceptors (Lipinski definition) is 5. The molecule has 4 rings (SSSR count). The summed E-state index contributed by atoms with van der Waals surface area (Å²) in [6.45, 7) is 5.09. The average Bonchev–Trinajstić information content (AvgIpc) is 3.30. The van der Waals surface area contributed by atoms with Gasteiger partial charge in [0.2, 0.25) is 0 Å². The number of nitrogens with one attached hydrogen (secondary N) is 2. The molecule has 0 saturated carbocycles. The Kier molecular flexibility index (Phi) is 7.48. The van der Waals surface area contributed by atoms with E-state index in [0.29, 0.717) is 33.4 Å². The minimum Gasteiger partial charge on any atom is -0.460 e. The zero-order chi connectivity index (χ0) is 26.5. The van der Waals surface area contributed by atoms with Crippen molar-refractivity contribution in [3.05, 3.63) is 96.3 Å². The van der Waals surface area contributed by atoms with Crippen LogP contribution in [-0.4, -0.2) is 37.5 Å². The van der Waals surface area contributed by atoms with Gasteiger partial charge in [-0.05, 0) is 66.6 Å². The molecule has 0 bridgehead atoms. The van der Waals surface area contributed by atoms with Gasteiger partial charge in [-0.15, -0.1) is 0 Å². The van der Waals surface area contributed by atoms with Gasteiger partial charge in [-0.2, -0.15) is 0 Å². The van der Waals surface area contributed by atoms with Crippen LogP contribution >= 0.6 is 0 Å². The third-order valence-electron chi connectivity index (χ3n) is 5.75. The van der Waals surface area contributed by atoms with E-state index in [1.807, 2.05) is 18.2 Å². The van der Waals surface area contributed by atoms with Crippen molar-refractivity contribution in [2.75, 3.05) is 13.7 Å². The lowest BCUT2D eigenvalue weighted by molar-refractivity contribution is -0.144. The van der Waals surface area contributed by atoms with E-state index in [9.17, 15) is 18.8 Å². The van der Waals surface area contributed by atoms with Crippen molar-refractivity contribution >= 4 is 28.8 Å². The van der Waals surface area contributed by atoms with Crippen LogP contribution in [0.3, 0.4) is 0 Å². The van der Waals surface area contributed by atoms with Gasteiger partial charge >= 0.3 is 5.97 Å². The highest BCUT2D eigenvalue weighted by atomic mass is 19.1. The van der Waals surface area contributed by atoms with Crippen LogP contribution in [0.2, 0.25) is 0 Å². The molecule has 0 aliphatic carbocycles. The second kappa shape index (κ2) is 10.9. The standard InChI is InChI=1S/C29H25FN2O5/c1-4-14-36-29(35)17(2)32-27(33)21-7-5-6-19(15-21)20-10-13-24-23(16-20)25(28(34)31-3)26(37-24)18-8-11-22(30)12-9-18/h4-13,15-17H,1,14H2,2-3H3,(H,31,34)(H,32,33)/t17-/m0/s1. The van der Waals surface area contributed by atoms with Crippen LogP contribution in [-0.2, 0) is 9.53 Å². The summed E-state index contributed by atoms with van der Waals surface area (Å²) in [7, 11) is 1.52. The third kappa shape index (κ3) is 5.43. The topological polar surface area (TPSA) is 97.6 Å². The Hall–Kier alpha value is -4.72. The molecule has 2 N–H and O–H groups in total. The van der Waals surface area contributed by atoms with Crippen molar-refractivity contribution in [1.29, 1.82) is 0 Å². The molecule has 37 heavy (non-hydrogen) atoms. The van der Waals surface area contributed by atoms with E-state index in [4.69, 9.17) is 9.15 Å². The first kappa shape index (κ1) is 25.4. The zero-order valence-corrected chi connectivity index (χ0v) is 20.3. The maximum atomic E-state index is 13.5. The van der Waals surface area contributed by atoms with Crippen molar-refractivity contribution in [3.63, 3.8) is 0 Å². The van der Waals surface area contributed by atoms with Gasteiger partial charge in [0.15, 0.2) is 0 Å².